The lowest BCUT2D eigenvalue weighted by Crippen LogP contribution is -2.17. The van der Waals surface area contributed by atoms with Crippen LogP contribution in [-0.4, -0.2) is 21.5 Å². The lowest BCUT2D eigenvalue weighted by molar-refractivity contribution is -0.139. The van der Waals surface area contributed by atoms with E-state index in [1.165, 1.54) is 22.7 Å². The molecule has 0 saturated heterocycles. The number of hydrogen-bond acceptors (Lipinski definition) is 8. The van der Waals surface area contributed by atoms with Crippen LogP contribution in [-0.2, 0) is 14.9 Å². The van der Waals surface area contributed by atoms with Crippen molar-refractivity contribution in [1.29, 1.82) is 0 Å². The molecule has 7 nitrogen and oxygen atoms in total. The number of carbonyl (C=O) groups excluding carboxylic acids is 1. The minimum absolute atomic E-state index is 0.181. The first-order valence-electron chi connectivity index (χ1n) is 10.8. The monoisotopic (exact) mass is 523 g/mol. The van der Waals surface area contributed by atoms with Crippen molar-refractivity contribution in [3.63, 3.8) is 0 Å². The molecule has 1 atom stereocenters. The number of ether oxygens (including phenoxy) is 1. The topological polar surface area (TPSA) is 115 Å². The highest BCUT2D eigenvalue weighted by atomic mass is 32.1. The van der Waals surface area contributed by atoms with Crippen molar-refractivity contribution in [3.05, 3.63) is 62.2 Å². The number of hydrogen-bond donors (Lipinski definition) is 3. The summed E-state index contributed by atoms with van der Waals surface area (Å²) in [6.07, 6.45) is 0.320. The minimum Gasteiger partial charge on any atom is -0.481 e. The third-order valence-corrected chi connectivity index (χ3v) is 9.18. The number of nitrogens with one attached hydrogen (secondary N) is 1. The van der Waals surface area contributed by atoms with Crippen molar-refractivity contribution in [2.24, 2.45) is 0 Å². The zero-order chi connectivity index (χ0) is 24.7. The van der Waals surface area contributed by atoms with Crippen molar-refractivity contribution < 1.29 is 19.4 Å². The van der Waals surface area contributed by atoms with Gasteiger partial charge in [-0.25, -0.2) is 4.79 Å². The van der Waals surface area contributed by atoms with Crippen molar-refractivity contribution in [2.75, 3.05) is 11.1 Å². The third-order valence-electron chi connectivity index (χ3n) is 5.99. The fraction of sp³-hybridized carbons (Fsp3) is 0.240. The van der Waals surface area contributed by atoms with Gasteiger partial charge in [0.05, 0.1) is 4.88 Å². The molecule has 4 aromatic rings. The van der Waals surface area contributed by atoms with Crippen LogP contribution in [0.15, 0.2) is 36.4 Å². The largest absolute Gasteiger partial charge is 0.481 e. The SMILES string of the molecule is Cc1ccccc1C(C)OC(=O)Nc1c(N)nsc1C#Cc1cc2sc(C3(C(=O)O)CC3)cc2s1. The number of rotatable bonds is 5. The van der Waals surface area contributed by atoms with Crippen molar-refractivity contribution in [1.82, 2.24) is 4.37 Å². The molecule has 3 heterocycles. The molecule has 1 aliphatic carbocycles. The van der Waals surface area contributed by atoms with E-state index >= 15 is 0 Å². The fourth-order valence-electron chi connectivity index (χ4n) is 3.85. The van der Waals surface area contributed by atoms with Gasteiger partial charge in [0, 0.05) is 14.3 Å². The van der Waals surface area contributed by atoms with Crippen LogP contribution in [0.4, 0.5) is 16.3 Å². The summed E-state index contributed by atoms with van der Waals surface area (Å²) >= 11 is 4.13. The number of fused-ring (bicyclic) bond motifs is 1. The molecule has 0 spiro atoms. The maximum atomic E-state index is 12.5. The highest BCUT2D eigenvalue weighted by Crippen LogP contribution is 2.52. The standard InChI is InChI=1S/C25H21N3O4S3/c1-13-5-3-4-6-16(13)14(2)32-24(31)27-21-17(35-28-22(21)26)8-7-15-11-18-19(33-15)12-20(34-18)25(9-10-25)23(29)30/h3-6,11-12,14H,9-10H2,1-2H3,(H2,26,28)(H,27,31)(H,29,30). The average Bonchev–Trinajstić information content (AvgIpc) is 3.25. The van der Waals surface area contributed by atoms with Gasteiger partial charge in [-0.15, -0.1) is 22.7 Å². The van der Waals surface area contributed by atoms with E-state index in [2.05, 4.69) is 21.5 Å². The number of amides is 1. The number of carboxylic acids is 1. The van der Waals surface area contributed by atoms with E-state index in [-0.39, 0.29) is 5.82 Å². The Bertz CT molecular complexity index is 1490. The van der Waals surface area contributed by atoms with Gasteiger partial charge in [0.1, 0.15) is 22.1 Å². The van der Waals surface area contributed by atoms with Crippen LogP contribution < -0.4 is 11.1 Å². The maximum absolute atomic E-state index is 12.5. The number of aromatic nitrogens is 1. The summed E-state index contributed by atoms with van der Waals surface area (Å²) in [7, 11) is 0. The molecule has 0 radical (unpaired) electrons. The predicted octanol–water partition coefficient (Wildman–Crippen LogP) is 6.14. The van der Waals surface area contributed by atoms with Gasteiger partial charge in [0.25, 0.3) is 0 Å². The molecule has 1 fully saturated rings. The van der Waals surface area contributed by atoms with Crippen molar-refractivity contribution >= 4 is 67.2 Å². The van der Waals surface area contributed by atoms with Crippen LogP contribution in [0.5, 0.6) is 0 Å². The van der Waals surface area contributed by atoms with E-state index in [0.717, 1.165) is 41.8 Å². The summed E-state index contributed by atoms with van der Waals surface area (Å²) in [4.78, 5) is 26.4. The van der Waals surface area contributed by atoms with Gasteiger partial charge in [-0.2, -0.15) is 4.37 Å². The first kappa shape index (κ1) is 23.4. The Morgan fingerprint density at radius 3 is 2.63 bits per heavy atom. The first-order valence-corrected chi connectivity index (χ1v) is 13.2. The lowest BCUT2D eigenvalue weighted by Gasteiger charge is -2.16. The molecule has 0 bridgehead atoms. The molecule has 1 saturated carbocycles. The molecule has 35 heavy (non-hydrogen) atoms. The summed E-state index contributed by atoms with van der Waals surface area (Å²) in [6.45, 7) is 3.78. The van der Waals surface area contributed by atoms with E-state index in [9.17, 15) is 14.7 Å². The molecule has 5 rings (SSSR count). The Morgan fingerprint density at radius 2 is 1.94 bits per heavy atom. The molecule has 1 aromatic carbocycles. The number of aliphatic carboxylic acids is 1. The smallest absolute Gasteiger partial charge is 0.412 e. The normalized spacial score (nSPS) is 14.7. The molecule has 3 aromatic heterocycles. The van der Waals surface area contributed by atoms with Crippen molar-refractivity contribution in [3.8, 4) is 11.8 Å². The summed E-state index contributed by atoms with van der Waals surface area (Å²) in [5.74, 6) is 5.60. The van der Waals surface area contributed by atoms with Gasteiger partial charge < -0.3 is 15.6 Å². The molecule has 1 unspecified atom stereocenters. The number of carbonyl (C=O) groups is 2. The number of aryl methyl sites for hydroxylation is 1. The van der Waals surface area contributed by atoms with E-state index in [1.54, 1.807) is 0 Å². The third kappa shape index (κ3) is 4.50. The van der Waals surface area contributed by atoms with E-state index in [0.29, 0.717) is 23.4 Å². The van der Waals surface area contributed by atoms with Crippen LogP contribution in [0.25, 0.3) is 9.40 Å². The van der Waals surface area contributed by atoms with Crippen LogP contribution in [0.2, 0.25) is 0 Å². The van der Waals surface area contributed by atoms with Gasteiger partial charge in [-0.05, 0) is 73.3 Å². The first-order chi connectivity index (χ1) is 16.8. The number of nitrogens with zero attached hydrogens (tertiary/aromatic N) is 1. The second-order valence-electron chi connectivity index (χ2n) is 8.39. The zero-order valence-corrected chi connectivity index (χ0v) is 21.3. The average molecular weight is 524 g/mol. The van der Waals surface area contributed by atoms with Gasteiger partial charge in [0.15, 0.2) is 5.82 Å². The van der Waals surface area contributed by atoms with Crippen LogP contribution >= 0.6 is 34.2 Å². The molecular formula is C25H21N3O4S3. The highest BCUT2D eigenvalue weighted by molar-refractivity contribution is 7.28. The molecule has 1 amide bonds. The Hall–Kier alpha value is -3.39. The fourth-order valence-corrected chi connectivity index (χ4v) is 6.96. The van der Waals surface area contributed by atoms with Crippen molar-refractivity contribution in [2.45, 2.75) is 38.2 Å². The highest BCUT2D eigenvalue weighted by Gasteiger charge is 2.53. The van der Waals surface area contributed by atoms with E-state index in [1.807, 2.05) is 50.2 Å². The Balaban J connectivity index is 1.30. The van der Waals surface area contributed by atoms with E-state index < -0.39 is 23.6 Å². The number of carboxylic acid groups (broad SMARTS) is 1. The number of nitrogens with two attached hydrogens (primary N) is 1. The molecule has 4 N–H and O–H groups in total. The number of anilines is 2. The Morgan fingerprint density at radius 1 is 1.20 bits per heavy atom. The molecule has 1 aliphatic rings. The summed E-state index contributed by atoms with van der Waals surface area (Å²) in [6, 6.07) is 11.7. The molecular weight excluding hydrogens is 502 g/mol. The lowest BCUT2D eigenvalue weighted by atomic mass is 10.1. The van der Waals surface area contributed by atoms with Crippen LogP contribution in [0.1, 0.15) is 51.6 Å². The maximum Gasteiger partial charge on any atom is 0.412 e. The zero-order valence-electron chi connectivity index (χ0n) is 18.9. The van der Waals surface area contributed by atoms with Crippen LogP contribution in [0.3, 0.4) is 0 Å². The predicted molar refractivity (Wildman–Crippen MR) is 140 cm³/mol. The number of nitrogen functional groups attached to an aromatic ring is 1. The molecule has 0 aliphatic heterocycles. The summed E-state index contributed by atoms with van der Waals surface area (Å²) < 4.78 is 11.7. The minimum atomic E-state index is -0.749. The summed E-state index contributed by atoms with van der Waals surface area (Å²) in [5, 5.41) is 12.2. The second-order valence-corrected chi connectivity index (χ2v) is 11.3. The number of benzene rings is 1. The Kier molecular flexibility index (Phi) is 6.01. The summed E-state index contributed by atoms with van der Waals surface area (Å²) in [5.41, 5.74) is 7.58. The van der Waals surface area contributed by atoms with Gasteiger partial charge >= 0.3 is 12.1 Å². The molecule has 178 valence electrons. The van der Waals surface area contributed by atoms with E-state index in [4.69, 9.17) is 10.5 Å². The second kappa shape index (κ2) is 9.00. The quantitative estimate of drug-likeness (QED) is 0.271. The number of thiophene rings is 2. The van der Waals surface area contributed by atoms with Gasteiger partial charge in [-0.1, -0.05) is 24.3 Å². The molecule has 10 heteroatoms. The Labute approximate surface area is 213 Å². The van der Waals surface area contributed by atoms with Crippen LogP contribution in [0, 0.1) is 18.8 Å². The van der Waals surface area contributed by atoms with Gasteiger partial charge in [0.2, 0.25) is 0 Å². The van der Waals surface area contributed by atoms with Gasteiger partial charge in [-0.3, -0.25) is 10.1 Å².